The summed E-state index contributed by atoms with van der Waals surface area (Å²) in [6.45, 7) is 5.48. The zero-order chi connectivity index (χ0) is 12.1. The van der Waals surface area contributed by atoms with Crippen molar-refractivity contribution < 1.29 is 0 Å². The zero-order valence-electron chi connectivity index (χ0n) is 11.0. The summed E-state index contributed by atoms with van der Waals surface area (Å²) in [5, 5.41) is 3.22. The minimum atomic E-state index is 1.03. The maximum absolute atomic E-state index is 4.59. The third-order valence-electron chi connectivity index (χ3n) is 3.44. The van der Waals surface area contributed by atoms with Crippen molar-refractivity contribution >= 4 is 5.82 Å². The number of nitrogens with zero attached hydrogens (tertiary/aromatic N) is 2. The summed E-state index contributed by atoms with van der Waals surface area (Å²) in [5.41, 5.74) is 3.00. The number of fused-ring (bicyclic) bond motifs is 1. The summed E-state index contributed by atoms with van der Waals surface area (Å²) in [6, 6.07) is 2.20. The summed E-state index contributed by atoms with van der Waals surface area (Å²) in [7, 11) is 2.01. The van der Waals surface area contributed by atoms with Crippen LogP contribution in [0.25, 0.3) is 0 Å². The van der Waals surface area contributed by atoms with E-state index in [2.05, 4.69) is 28.2 Å². The molecule has 2 heterocycles. The van der Waals surface area contributed by atoms with Crippen molar-refractivity contribution in [3.05, 3.63) is 23.4 Å². The highest BCUT2D eigenvalue weighted by atomic mass is 15.2. The molecule has 0 aromatic carbocycles. The Morgan fingerprint density at radius 3 is 3.12 bits per heavy atom. The van der Waals surface area contributed by atoms with E-state index in [1.54, 1.807) is 0 Å². The second kappa shape index (κ2) is 6.01. The van der Waals surface area contributed by atoms with Crippen molar-refractivity contribution in [1.82, 2.24) is 10.3 Å². The molecule has 0 radical (unpaired) electrons. The predicted octanol–water partition coefficient (Wildman–Crippen LogP) is 2.01. The molecule has 1 aromatic rings. The second-order valence-corrected chi connectivity index (χ2v) is 4.72. The van der Waals surface area contributed by atoms with Crippen LogP contribution in [-0.4, -0.2) is 31.7 Å². The Bertz CT molecular complexity index is 362. The van der Waals surface area contributed by atoms with Crippen molar-refractivity contribution in [2.24, 2.45) is 0 Å². The number of anilines is 1. The third kappa shape index (κ3) is 2.78. The smallest absolute Gasteiger partial charge is 0.132 e. The Morgan fingerprint density at radius 1 is 1.47 bits per heavy atom. The summed E-state index contributed by atoms with van der Waals surface area (Å²) in [4.78, 5) is 7.02. The fourth-order valence-electron chi connectivity index (χ4n) is 2.59. The number of aromatic nitrogens is 1. The molecule has 1 aromatic heterocycles. The molecular weight excluding hydrogens is 210 g/mol. The largest absolute Gasteiger partial charge is 0.355 e. The van der Waals surface area contributed by atoms with E-state index in [9.17, 15) is 0 Å². The molecule has 0 bridgehead atoms. The number of aryl methyl sites for hydroxylation is 1. The molecule has 0 aliphatic carbocycles. The van der Waals surface area contributed by atoms with Gasteiger partial charge in [-0.05, 0) is 43.5 Å². The van der Waals surface area contributed by atoms with Gasteiger partial charge in [-0.3, -0.25) is 0 Å². The van der Waals surface area contributed by atoms with Crippen LogP contribution in [0.5, 0.6) is 0 Å². The topological polar surface area (TPSA) is 28.2 Å². The van der Waals surface area contributed by atoms with Crippen LogP contribution in [-0.2, 0) is 12.8 Å². The van der Waals surface area contributed by atoms with Crippen molar-refractivity contribution in [3.8, 4) is 0 Å². The number of pyridine rings is 1. The van der Waals surface area contributed by atoms with E-state index in [0.29, 0.717) is 0 Å². The van der Waals surface area contributed by atoms with Gasteiger partial charge in [-0.2, -0.15) is 0 Å². The molecule has 0 unspecified atom stereocenters. The molecule has 2 rings (SSSR count). The molecule has 0 fully saturated rings. The molecule has 0 saturated heterocycles. The van der Waals surface area contributed by atoms with Gasteiger partial charge in [0.05, 0.1) is 0 Å². The lowest BCUT2D eigenvalue weighted by Gasteiger charge is -2.31. The number of hydrogen-bond acceptors (Lipinski definition) is 3. The molecule has 1 N–H and O–H groups in total. The first-order valence-electron chi connectivity index (χ1n) is 6.73. The number of likely N-dealkylation sites (N-methyl/N-ethyl adjacent to an activating group) is 1. The molecule has 0 saturated carbocycles. The van der Waals surface area contributed by atoms with E-state index >= 15 is 0 Å². The van der Waals surface area contributed by atoms with Crippen LogP contribution in [0.1, 0.15) is 30.9 Å². The van der Waals surface area contributed by atoms with E-state index in [1.165, 1.54) is 42.6 Å². The van der Waals surface area contributed by atoms with Crippen molar-refractivity contribution in [2.45, 2.75) is 32.6 Å². The third-order valence-corrected chi connectivity index (χ3v) is 3.44. The Labute approximate surface area is 104 Å². The van der Waals surface area contributed by atoms with Gasteiger partial charge in [-0.25, -0.2) is 4.98 Å². The monoisotopic (exact) mass is 233 g/mol. The average Bonchev–Trinajstić information content (AvgIpc) is 2.37. The van der Waals surface area contributed by atoms with Crippen LogP contribution in [0.2, 0.25) is 0 Å². The molecule has 1 aliphatic rings. The molecular formula is C14H23N3. The van der Waals surface area contributed by atoms with Crippen molar-refractivity contribution in [3.63, 3.8) is 0 Å². The number of hydrogen-bond donors (Lipinski definition) is 1. The number of rotatable bonds is 5. The van der Waals surface area contributed by atoms with E-state index in [4.69, 9.17) is 0 Å². The molecule has 3 nitrogen and oxygen atoms in total. The van der Waals surface area contributed by atoms with Gasteiger partial charge in [0.2, 0.25) is 0 Å². The first-order valence-corrected chi connectivity index (χ1v) is 6.73. The van der Waals surface area contributed by atoms with Crippen LogP contribution in [0.15, 0.2) is 12.3 Å². The van der Waals surface area contributed by atoms with Crippen LogP contribution >= 0.6 is 0 Å². The van der Waals surface area contributed by atoms with Gasteiger partial charge in [0.15, 0.2) is 0 Å². The van der Waals surface area contributed by atoms with Gasteiger partial charge in [0, 0.05) is 25.8 Å². The van der Waals surface area contributed by atoms with Crippen molar-refractivity contribution in [2.75, 3.05) is 31.6 Å². The molecule has 17 heavy (non-hydrogen) atoms. The van der Waals surface area contributed by atoms with Crippen molar-refractivity contribution in [1.29, 1.82) is 0 Å². The molecule has 0 spiro atoms. The summed E-state index contributed by atoms with van der Waals surface area (Å²) in [6.07, 6.45) is 6.84. The van der Waals surface area contributed by atoms with E-state index in [1.807, 2.05) is 13.2 Å². The van der Waals surface area contributed by atoms with Gasteiger partial charge in [0.1, 0.15) is 5.82 Å². The molecule has 94 valence electrons. The van der Waals surface area contributed by atoms with Crippen LogP contribution in [0.3, 0.4) is 0 Å². The maximum atomic E-state index is 4.59. The zero-order valence-corrected chi connectivity index (χ0v) is 11.0. The highest BCUT2D eigenvalue weighted by Gasteiger charge is 2.19. The number of nitrogens with one attached hydrogen (secondary N) is 1. The normalized spacial score (nSPS) is 14.8. The quantitative estimate of drug-likeness (QED) is 0.843. The minimum absolute atomic E-state index is 1.03. The standard InChI is InChI=1S/C14H23N3/c1-3-5-12-7-8-16-14-13(12)6-4-10-17(14)11-9-15-2/h7-8,15H,3-6,9-11H2,1-2H3. The average molecular weight is 233 g/mol. The maximum Gasteiger partial charge on any atom is 0.132 e. The Morgan fingerprint density at radius 2 is 2.35 bits per heavy atom. The van der Waals surface area contributed by atoms with Crippen LogP contribution < -0.4 is 10.2 Å². The predicted molar refractivity (Wildman–Crippen MR) is 72.7 cm³/mol. The van der Waals surface area contributed by atoms with Gasteiger partial charge < -0.3 is 10.2 Å². The van der Waals surface area contributed by atoms with Crippen LogP contribution in [0, 0.1) is 0 Å². The van der Waals surface area contributed by atoms with Crippen LogP contribution in [0.4, 0.5) is 5.82 Å². The first-order chi connectivity index (χ1) is 8.36. The minimum Gasteiger partial charge on any atom is -0.355 e. The lowest BCUT2D eigenvalue weighted by atomic mass is 9.97. The molecule has 3 heteroatoms. The van der Waals surface area contributed by atoms with Gasteiger partial charge in [-0.1, -0.05) is 13.3 Å². The summed E-state index contributed by atoms with van der Waals surface area (Å²) < 4.78 is 0. The second-order valence-electron chi connectivity index (χ2n) is 4.72. The van der Waals surface area contributed by atoms with E-state index < -0.39 is 0 Å². The first kappa shape index (κ1) is 12.4. The lowest BCUT2D eigenvalue weighted by molar-refractivity contribution is 0.649. The van der Waals surface area contributed by atoms with Gasteiger partial charge >= 0.3 is 0 Å². The highest BCUT2D eigenvalue weighted by Crippen LogP contribution is 2.27. The summed E-state index contributed by atoms with van der Waals surface area (Å²) >= 11 is 0. The van der Waals surface area contributed by atoms with Gasteiger partial charge in [-0.15, -0.1) is 0 Å². The molecule has 0 atom stereocenters. The van der Waals surface area contributed by atoms with E-state index in [0.717, 1.165) is 19.6 Å². The Kier molecular flexibility index (Phi) is 4.37. The van der Waals surface area contributed by atoms with E-state index in [-0.39, 0.29) is 0 Å². The highest BCUT2D eigenvalue weighted by molar-refractivity contribution is 5.52. The summed E-state index contributed by atoms with van der Waals surface area (Å²) in [5.74, 6) is 1.23. The lowest BCUT2D eigenvalue weighted by Crippen LogP contribution is -2.35. The molecule has 1 aliphatic heterocycles. The molecule has 0 amide bonds. The SMILES string of the molecule is CCCc1ccnc2c1CCCN2CCNC. The fourth-order valence-corrected chi connectivity index (χ4v) is 2.59. The Balaban J connectivity index is 2.22. The Hall–Kier alpha value is -1.09. The fraction of sp³-hybridized carbons (Fsp3) is 0.643. The van der Waals surface area contributed by atoms with Gasteiger partial charge in [0.25, 0.3) is 0 Å².